The number of hydrogen-bond acceptors (Lipinski definition) is 1. The van der Waals surface area contributed by atoms with E-state index in [1.165, 1.54) is 50.6 Å². The molecule has 0 aliphatic heterocycles. The van der Waals surface area contributed by atoms with Gasteiger partial charge in [-0.1, -0.05) is 69.4 Å². The van der Waals surface area contributed by atoms with Crippen molar-refractivity contribution in [1.82, 2.24) is 5.32 Å². The van der Waals surface area contributed by atoms with E-state index >= 15 is 0 Å². The SMILES string of the molecule is CCCCCCCCNC(C)Cc1ccccc1. The molecule has 0 aliphatic rings. The Morgan fingerprint density at radius 3 is 2.33 bits per heavy atom. The second-order valence-corrected chi connectivity index (χ2v) is 5.31. The average molecular weight is 247 g/mol. The van der Waals surface area contributed by atoms with Gasteiger partial charge in [0.1, 0.15) is 0 Å². The van der Waals surface area contributed by atoms with E-state index in [1.807, 2.05) is 0 Å². The molecule has 0 radical (unpaired) electrons. The third-order valence-corrected chi connectivity index (χ3v) is 3.41. The van der Waals surface area contributed by atoms with E-state index < -0.39 is 0 Å². The summed E-state index contributed by atoms with van der Waals surface area (Å²) in [6, 6.07) is 11.3. The minimum absolute atomic E-state index is 0.586. The van der Waals surface area contributed by atoms with Crippen molar-refractivity contribution in [3.05, 3.63) is 35.9 Å². The Morgan fingerprint density at radius 1 is 0.944 bits per heavy atom. The van der Waals surface area contributed by atoms with Crippen molar-refractivity contribution in [2.75, 3.05) is 6.54 Å². The second kappa shape index (κ2) is 10.1. The largest absolute Gasteiger partial charge is 0.314 e. The lowest BCUT2D eigenvalue weighted by Crippen LogP contribution is -2.28. The summed E-state index contributed by atoms with van der Waals surface area (Å²) < 4.78 is 0. The fourth-order valence-corrected chi connectivity index (χ4v) is 2.29. The van der Waals surface area contributed by atoms with Crippen LogP contribution in [0.4, 0.5) is 0 Å². The molecule has 1 aromatic rings. The lowest BCUT2D eigenvalue weighted by Gasteiger charge is -2.13. The number of hydrogen-bond donors (Lipinski definition) is 1. The smallest absolute Gasteiger partial charge is 0.00791 e. The number of nitrogens with one attached hydrogen (secondary N) is 1. The van der Waals surface area contributed by atoms with Crippen LogP contribution in [0.3, 0.4) is 0 Å². The van der Waals surface area contributed by atoms with Crippen LogP contribution in [0, 0.1) is 0 Å². The summed E-state index contributed by atoms with van der Waals surface area (Å²) in [5.74, 6) is 0. The lowest BCUT2D eigenvalue weighted by atomic mass is 10.1. The highest BCUT2D eigenvalue weighted by molar-refractivity contribution is 5.15. The maximum atomic E-state index is 3.62. The van der Waals surface area contributed by atoms with Crippen molar-refractivity contribution in [1.29, 1.82) is 0 Å². The van der Waals surface area contributed by atoms with E-state index in [4.69, 9.17) is 0 Å². The third kappa shape index (κ3) is 7.50. The monoisotopic (exact) mass is 247 g/mol. The van der Waals surface area contributed by atoms with Crippen LogP contribution in [-0.2, 0) is 6.42 Å². The molecule has 0 spiro atoms. The van der Waals surface area contributed by atoms with Crippen LogP contribution in [0.15, 0.2) is 30.3 Å². The van der Waals surface area contributed by atoms with E-state index in [9.17, 15) is 0 Å². The summed E-state index contributed by atoms with van der Waals surface area (Å²) in [5, 5.41) is 3.62. The molecule has 1 rings (SSSR count). The predicted octanol–water partition coefficient (Wildman–Crippen LogP) is 4.57. The highest BCUT2D eigenvalue weighted by Gasteiger charge is 2.01. The van der Waals surface area contributed by atoms with Crippen molar-refractivity contribution in [3.63, 3.8) is 0 Å². The first-order valence-electron chi connectivity index (χ1n) is 7.60. The zero-order chi connectivity index (χ0) is 13.1. The number of benzene rings is 1. The molecule has 1 N–H and O–H groups in total. The van der Waals surface area contributed by atoms with Gasteiger partial charge in [-0.2, -0.15) is 0 Å². The topological polar surface area (TPSA) is 12.0 Å². The van der Waals surface area contributed by atoms with E-state index in [2.05, 4.69) is 49.5 Å². The maximum absolute atomic E-state index is 3.62. The van der Waals surface area contributed by atoms with Crippen LogP contribution >= 0.6 is 0 Å². The Balaban J connectivity index is 1.99. The highest BCUT2D eigenvalue weighted by atomic mass is 14.9. The molecule has 18 heavy (non-hydrogen) atoms. The third-order valence-electron chi connectivity index (χ3n) is 3.41. The Bertz CT molecular complexity index is 281. The molecule has 0 bridgehead atoms. The van der Waals surface area contributed by atoms with Gasteiger partial charge < -0.3 is 5.32 Å². The highest BCUT2D eigenvalue weighted by Crippen LogP contribution is 2.05. The van der Waals surface area contributed by atoms with Gasteiger partial charge in [0, 0.05) is 6.04 Å². The van der Waals surface area contributed by atoms with Crippen molar-refractivity contribution in [3.8, 4) is 0 Å². The molecule has 1 aromatic carbocycles. The standard InChI is InChI=1S/C17H29N/c1-3-4-5-6-7-11-14-18-16(2)15-17-12-9-8-10-13-17/h8-10,12-13,16,18H,3-7,11,14-15H2,1-2H3. The van der Waals surface area contributed by atoms with Crippen molar-refractivity contribution in [2.24, 2.45) is 0 Å². The van der Waals surface area contributed by atoms with E-state index in [0.717, 1.165) is 6.42 Å². The van der Waals surface area contributed by atoms with Crippen molar-refractivity contribution < 1.29 is 0 Å². The Morgan fingerprint density at radius 2 is 1.61 bits per heavy atom. The normalized spacial score (nSPS) is 12.6. The second-order valence-electron chi connectivity index (χ2n) is 5.31. The zero-order valence-corrected chi connectivity index (χ0v) is 12.1. The molecule has 0 aliphatic carbocycles. The molecule has 1 atom stereocenters. The first-order chi connectivity index (χ1) is 8.83. The van der Waals surface area contributed by atoms with E-state index in [1.54, 1.807) is 0 Å². The van der Waals surface area contributed by atoms with Crippen molar-refractivity contribution in [2.45, 2.75) is 64.8 Å². The fourth-order valence-electron chi connectivity index (χ4n) is 2.29. The molecule has 0 heterocycles. The fraction of sp³-hybridized carbons (Fsp3) is 0.647. The molecular weight excluding hydrogens is 218 g/mol. The summed E-state index contributed by atoms with van der Waals surface area (Å²) in [6.45, 7) is 5.72. The van der Waals surface area contributed by atoms with E-state index in [-0.39, 0.29) is 0 Å². The summed E-state index contributed by atoms with van der Waals surface area (Å²) >= 11 is 0. The van der Waals surface area contributed by atoms with Crippen LogP contribution in [0.2, 0.25) is 0 Å². The van der Waals surface area contributed by atoms with Gasteiger partial charge in [0.25, 0.3) is 0 Å². The molecule has 0 saturated carbocycles. The lowest BCUT2D eigenvalue weighted by molar-refractivity contribution is 0.511. The van der Waals surface area contributed by atoms with Gasteiger partial charge in [0.15, 0.2) is 0 Å². The van der Waals surface area contributed by atoms with Gasteiger partial charge in [-0.25, -0.2) is 0 Å². The van der Waals surface area contributed by atoms with Gasteiger partial charge >= 0.3 is 0 Å². The summed E-state index contributed by atoms with van der Waals surface area (Å²) in [7, 11) is 0. The first-order valence-corrected chi connectivity index (χ1v) is 7.60. The van der Waals surface area contributed by atoms with Gasteiger partial charge in [-0.3, -0.25) is 0 Å². The van der Waals surface area contributed by atoms with Crippen LogP contribution < -0.4 is 5.32 Å². The minimum atomic E-state index is 0.586. The van der Waals surface area contributed by atoms with Crippen LogP contribution in [0.5, 0.6) is 0 Å². The average Bonchev–Trinajstić information content (AvgIpc) is 2.39. The molecule has 1 unspecified atom stereocenters. The molecule has 0 saturated heterocycles. The Kier molecular flexibility index (Phi) is 8.58. The van der Waals surface area contributed by atoms with Crippen molar-refractivity contribution >= 4 is 0 Å². The zero-order valence-electron chi connectivity index (χ0n) is 12.1. The molecule has 0 fully saturated rings. The quantitative estimate of drug-likeness (QED) is 0.597. The minimum Gasteiger partial charge on any atom is -0.314 e. The summed E-state index contributed by atoms with van der Waals surface area (Å²) in [4.78, 5) is 0. The Hall–Kier alpha value is -0.820. The summed E-state index contributed by atoms with van der Waals surface area (Å²) in [6.07, 6.45) is 9.40. The number of rotatable bonds is 10. The summed E-state index contributed by atoms with van der Waals surface area (Å²) in [5.41, 5.74) is 1.43. The molecular formula is C17H29N. The molecule has 0 aromatic heterocycles. The first kappa shape index (κ1) is 15.2. The van der Waals surface area contributed by atoms with Crippen LogP contribution in [0.1, 0.15) is 57.9 Å². The molecule has 1 nitrogen and oxygen atoms in total. The maximum Gasteiger partial charge on any atom is 0.00791 e. The van der Waals surface area contributed by atoms with Gasteiger partial charge in [-0.15, -0.1) is 0 Å². The van der Waals surface area contributed by atoms with Gasteiger partial charge in [-0.05, 0) is 31.9 Å². The van der Waals surface area contributed by atoms with Crippen LogP contribution in [-0.4, -0.2) is 12.6 Å². The number of unbranched alkanes of at least 4 members (excludes halogenated alkanes) is 5. The molecule has 102 valence electrons. The van der Waals surface area contributed by atoms with Gasteiger partial charge in [0.05, 0.1) is 0 Å². The molecule has 1 heteroatoms. The molecule has 0 amide bonds. The van der Waals surface area contributed by atoms with E-state index in [0.29, 0.717) is 6.04 Å². The van der Waals surface area contributed by atoms with Crippen LogP contribution in [0.25, 0.3) is 0 Å². The van der Waals surface area contributed by atoms with Gasteiger partial charge in [0.2, 0.25) is 0 Å². The Labute approximate surface area is 113 Å². The predicted molar refractivity (Wildman–Crippen MR) is 81.0 cm³/mol.